The summed E-state index contributed by atoms with van der Waals surface area (Å²) in [7, 11) is 1.90. The number of hydrogen-bond donors (Lipinski definition) is 2. The van der Waals surface area contributed by atoms with Crippen LogP contribution >= 0.6 is 0 Å². The van der Waals surface area contributed by atoms with Crippen molar-refractivity contribution in [3.05, 3.63) is 70.4 Å². The number of nitrogens with one attached hydrogen (secondary N) is 2. The number of piperazine rings is 1. The van der Waals surface area contributed by atoms with Crippen molar-refractivity contribution in [2.75, 3.05) is 42.9 Å². The molecule has 1 saturated heterocycles. The number of urea groups is 1. The Hall–Kier alpha value is -3.85. The van der Waals surface area contributed by atoms with Crippen molar-refractivity contribution in [2.24, 2.45) is 13.0 Å². The van der Waals surface area contributed by atoms with Crippen LogP contribution in [-0.2, 0) is 20.1 Å². The summed E-state index contributed by atoms with van der Waals surface area (Å²) in [5, 5.41) is 11.0. The van der Waals surface area contributed by atoms with Gasteiger partial charge in [-0.15, -0.1) is 0 Å². The molecule has 3 aliphatic rings. The molecule has 39 heavy (non-hydrogen) atoms. The van der Waals surface area contributed by atoms with E-state index in [0.717, 1.165) is 71.5 Å². The van der Waals surface area contributed by atoms with Crippen LogP contribution in [0.25, 0.3) is 0 Å². The molecule has 9 heteroatoms. The molecule has 1 saturated carbocycles. The van der Waals surface area contributed by atoms with E-state index in [1.54, 1.807) is 4.68 Å². The molecule has 0 bridgehead atoms. The summed E-state index contributed by atoms with van der Waals surface area (Å²) in [6, 6.07) is 11.8. The summed E-state index contributed by atoms with van der Waals surface area (Å²) in [6.07, 6.45) is 4.53. The van der Waals surface area contributed by atoms with E-state index in [2.05, 4.69) is 26.7 Å². The summed E-state index contributed by atoms with van der Waals surface area (Å²) in [6.45, 7) is 9.54. The van der Waals surface area contributed by atoms with Gasteiger partial charge < -0.3 is 20.4 Å². The third kappa shape index (κ3) is 5.36. The normalized spacial score (nSPS) is 17.2. The first-order valence-electron chi connectivity index (χ1n) is 13.9. The number of carbonyl (C=O) groups is 2. The Balaban J connectivity index is 1.13. The van der Waals surface area contributed by atoms with Gasteiger partial charge in [0.1, 0.15) is 5.82 Å². The van der Waals surface area contributed by atoms with Crippen LogP contribution in [0, 0.1) is 19.8 Å². The minimum absolute atomic E-state index is 0.0168. The topological polar surface area (TPSA) is 85.7 Å². The van der Waals surface area contributed by atoms with Gasteiger partial charge in [0.15, 0.2) is 0 Å². The fraction of sp³-hybridized carbons (Fsp3) is 0.433. The van der Waals surface area contributed by atoms with Crippen LogP contribution in [0.1, 0.15) is 45.5 Å². The van der Waals surface area contributed by atoms with E-state index in [-0.39, 0.29) is 11.9 Å². The SMILES string of the molecule is Cc1ccc2c(c1)Nc1c(cnn1C)CN2C(=O)c1ccc(CNC(=O)N2CCN(CC3CC3)CC2)c(C)c1. The van der Waals surface area contributed by atoms with Crippen molar-refractivity contribution in [1.29, 1.82) is 0 Å². The quantitative estimate of drug-likeness (QED) is 0.520. The van der Waals surface area contributed by atoms with Crippen molar-refractivity contribution < 1.29 is 9.59 Å². The Bertz CT molecular complexity index is 1400. The highest BCUT2D eigenvalue weighted by Gasteiger charge is 2.29. The molecule has 3 aromatic rings. The van der Waals surface area contributed by atoms with Crippen molar-refractivity contribution in [1.82, 2.24) is 24.9 Å². The summed E-state index contributed by atoms with van der Waals surface area (Å²) in [5.74, 6) is 1.70. The second-order valence-electron chi connectivity index (χ2n) is 11.2. The fourth-order valence-electron chi connectivity index (χ4n) is 5.57. The van der Waals surface area contributed by atoms with E-state index >= 15 is 0 Å². The molecule has 3 heterocycles. The predicted molar refractivity (Wildman–Crippen MR) is 152 cm³/mol. The number of carbonyl (C=O) groups excluding carboxylic acids is 2. The molecular weight excluding hydrogens is 490 g/mol. The molecule has 204 valence electrons. The average Bonchev–Trinajstić information content (AvgIpc) is 3.71. The van der Waals surface area contributed by atoms with Crippen LogP contribution in [-0.4, -0.2) is 64.2 Å². The zero-order chi connectivity index (χ0) is 27.1. The highest BCUT2D eigenvalue weighted by atomic mass is 16.2. The number of aromatic nitrogens is 2. The maximum Gasteiger partial charge on any atom is 0.317 e. The average molecular weight is 528 g/mol. The lowest BCUT2D eigenvalue weighted by atomic mass is 10.0. The maximum absolute atomic E-state index is 13.8. The van der Waals surface area contributed by atoms with Crippen LogP contribution in [0.4, 0.5) is 22.0 Å². The smallest absolute Gasteiger partial charge is 0.317 e. The number of hydrogen-bond acceptors (Lipinski definition) is 5. The lowest BCUT2D eigenvalue weighted by Crippen LogP contribution is -2.51. The number of rotatable bonds is 5. The molecule has 0 spiro atoms. The van der Waals surface area contributed by atoms with Crippen LogP contribution in [0.3, 0.4) is 0 Å². The van der Waals surface area contributed by atoms with Gasteiger partial charge in [-0.25, -0.2) is 4.79 Å². The van der Waals surface area contributed by atoms with Gasteiger partial charge in [-0.2, -0.15) is 5.10 Å². The molecule has 2 N–H and O–H groups in total. The zero-order valence-corrected chi connectivity index (χ0v) is 23.0. The predicted octanol–water partition coefficient (Wildman–Crippen LogP) is 4.18. The van der Waals surface area contributed by atoms with E-state index in [1.165, 1.54) is 19.4 Å². The third-order valence-electron chi connectivity index (χ3n) is 8.18. The molecular formula is C30H37N7O2. The Morgan fingerprint density at radius 2 is 1.85 bits per heavy atom. The number of nitrogens with zero attached hydrogens (tertiary/aromatic N) is 5. The molecule has 0 unspecified atom stereocenters. The number of aryl methyl sites for hydroxylation is 3. The van der Waals surface area contributed by atoms with Gasteiger partial charge in [0.25, 0.3) is 5.91 Å². The molecule has 6 rings (SSSR count). The second-order valence-corrected chi connectivity index (χ2v) is 11.2. The molecule has 0 radical (unpaired) electrons. The monoisotopic (exact) mass is 527 g/mol. The van der Waals surface area contributed by atoms with E-state index in [1.807, 2.05) is 67.2 Å². The molecule has 2 aliphatic heterocycles. The molecule has 2 fully saturated rings. The summed E-state index contributed by atoms with van der Waals surface area (Å²) in [5.41, 5.74) is 6.41. The molecule has 1 aliphatic carbocycles. The molecule has 1 aromatic heterocycles. The Morgan fingerprint density at radius 3 is 2.59 bits per heavy atom. The molecule has 0 atom stereocenters. The van der Waals surface area contributed by atoms with Gasteiger partial charge in [0.2, 0.25) is 0 Å². The molecule has 9 nitrogen and oxygen atoms in total. The first-order valence-corrected chi connectivity index (χ1v) is 13.9. The molecule has 2 aromatic carbocycles. The first-order chi connectivity index (χ1) is 18.9. The van der Waals surface area contributed by atoms with Gasteiger partial charge >= 0.3 is 6.03 Å². The van der Waals surface area contributed by atoms with E-state index < -0.39 is 0 Å². The Labute approximate surface area is 229 Å². The Morgan fingerprint density at radius 1 is 1.05 bits per heavy atom. The van der Waals surface area contributed by atoms with Gasteiger partial charge in [0, 0.05) is 57.4 Å². The number of benzene rings is 2. The largest absolute Gasteiger partial charge is 0.338 e. The summed E-state index contributed by atoms with van der Waals surface area (Å²) in [4.78, 5) is 32.9. The fourth-order valence-corrected chi connectivity index (χ4v) is 5.57. The van der Waals surface area contributed by atoms with Crippen LogP contribution in [0.5, 0.6) is 0 Å². The van der Waals surface area contributed by atoms with Crippen molar-refractivity contribution in [3.8, 4) is 0 Å². The van der Waals surface area contributed by atoms with Crippen molar-refractivity contribution >= 4 is 29.1 Å². The van der Waals surface area contributed by atoms with E-state index in [0.29, 0.717) is 18.7 Å². The van der Waals surface area contributed by atoms with Gasteiger partial charge in [-0.3, -0.25) is 14.4 Å². The highest BCUT2D eigenvalue weighted by Crippen LogP contribution is 2.37. The standard InChI is InChI=1S/C30H37N7O2/c1-20-4-9-27-26(14-20)33-28-25(17-32-34(28)3)19-37(27)29(38)23-7-8-24(21(2)15-23)16-31-30(39)36-12-10-35(11-13-36)18-22-5-6-22/h4,7-9,14-15,17,22,33H,5-6,10-13,16,18-19H2,1-3H3,(H,31,39). The second kappa shape index (κ2) is 10.4. The Kier molecular flexibility index (Phi) is 6.76. The maximum atomic E-state index is 13.8. The van der Waals surface area contributed by atoms with Gasteiger partial charge in [0.05, 0.1) is 24.1 Å². The highest BCUT2D eigenvalue weighted by molar-refractivity contribution is 6.08. The molecule has 3 amide bonds. The number of amides is 3. The lowest BCUT2D eigenvalue weighted by molar-refractivity contribution is 0.0985. The minimum atomic E-state index is -0.0682. The number of anilines is 3. The first kappa shape index (κ1) is 25.4. The van der Waals surface area contributed by atoms with Gasteiger partial charge in [-0.05, 0) is 73.6 Å². The lowest BCUT2D eigenvalue weighted by Gasteiger charge is -2.34. The zero-order valence-electron chi connectivity index (χ0n) is 23.0. The summed E-state index contributed by atoms with van der Waals surface area (Å²) >= 11 is 0. The van der Waals surface area contributed by atoms with E-state index in [9.17, 15) is 9.59 Å². The number of fused-ring (bicyclic) bond motifs is 2. The van der Waals surface area contributed by atoms with Crippen molar-refractivity contribution in [2.45, 2.75) is 39.8 Å². The van der Waals surface area contributed by atoms with Crippen LogP contribution in [0.15, 0.2) is 42.6 Å². The van der Waals surface area contributed by atoms with Crippen LogP contribution in [0.2, 0.25) is 0 Å². The van der Waals surface area contributed by atoms with Crippen LogP contribution < -0.4 is 15.5 Å². The van der Waals surface area contributed by atoms with E-state index in [4.69, 9.17) is 0 Å². The summed E-state index contributed by atoms with van der Waals surface area (Å²) < 4.78 is 1.80. The van der Waals surface area contributed by atoms with Crippen molar-refractivity contribution in [3.63, 3.8) is 0 Å². The third-order valence-corrected chi connectivity index (χ3v) is 8.18. The minimum Gasteiger partial charge on any atom is -0.338 e. The van der Waals surface area contributed by atoms with Gasteiger partial charge in [-0.1, -0.05) is 12.1 Å².